The summed E-state index contributed by atoms with van der Waals surface area (Å²) in [7, 11) is 2.22. The fraction of sp³-hybridized carbons (Fsp3) is 0.556. The van der Waals surface area contributed by atoms with Crippen molar-refractivity contribution in [1.29, 1.82) is 0 Å². The van der Waals surface area contributed by atoms with Gasteiger partial charge in [-0.25, -0.2) is 0 Å². The number of nitrogens with two attached hydrogens (primary N) is 1. The molecule has 114 valence electrons. The van der Waals surface area contributed by atoms with E-state index in [1.54, 1.807) is 0 Å². The van der Waals surface area contributed by atoms with Gasteiger partial charge in [0.2, 0.25) is 0 Å². The molecule has 0 radical (unpaired) electrons. The Labute approximate surface area is 128 Å². The quantitative estimate of drug-likeness (QED) is 0.833. The topological polar surface area (TPSA) is 41.3 Å². The summed E-state index contributed by atoms with van der Waals surface area (Å²) < 4.78 is 0. The normalized spacial score (nSPS) is 23.1. The van der Waals surface area contributed by atoms with Crippen LogP contribution < -0.4 is 11.1 Å². The van der Waals surface area contributed by atoms with Gasteiger partial charge in [0.1, 0.15) is 0 Å². The Morgan fingerprint density at radius 3 is 2.76 bits per heavy atom. The van der Waals surface area contributed by atoms with Gasteiger partial charge in [-0.2, -0.15) is 0 Å². The Morgan fingerprint density at radius 2 is 2.05 bits per heavy atom. The highest BCUT2D eigenvalue weighted by atomic mass is 15.1. The van der Waals surface area contributed by atoms with Crippen LogP contribution in [0, 0.1) is 0 Å². The summed E-state index contributed by atoms with van der Waals surface area (Å²) >= 11 is 0. The highest BCUT2D eigenvalue weighted by Crippen LogP contribution is 2.31. The minimum atomic E-state index is 0.731. The van der Waals surface area contributed by atoms with E-state index in [0.717, 1.165) is 30.3 Å². The van der Waals surface area contributed by atoms with E-state index in [-0.39, 0.29) is 0 Å². The van der Waals surface area contributed by atoms with E-state index in [2.05, 4.69) is 35.5 Å². The number of aryl methyl sites for hydroxylation is 1. The number of fused-ring (bicyclic) bond motifs is 1. The third-order valence-corrected chi connectivity index (χ3v) is 4.91. The average Bonchev–Trinajstić information content (AvgIpc) is 2.69. The van der Waals surface area contributed by atoms with Crippen molar-refractivity contribution < 1.29 is 0 Å². The number of likely N-dealkylation sites (tertiary alicyclic amines) is 1. The minimum absolute atomic E-state index is 0.731. The summed E-state index contributed by atoms with van der Waals surface area (Å²) in [4.78, 5) is 2.43. The molecule has 2 aliphatic rings. The molecule has 0 bridgehead atoms. The number of hydrogen-bond acceptors (Lipinski definition) is 3. The van der Waals surface area contributed by atoms with Crippen molar-refractivity contribution in [2.75, 3.05) is 26.7 Å². The number of nitrogens with one attached hydrogen (secondary N) is 1. The second-order valence-corrected chi connectivity index (χ2v) is 6.58. The zero-order valence-electron chi connectivity index (χ0n) is 13.3. The van der Waals surface area contributed by atoms with Crippen molar-refractivity contribution in [1.82, 2.24) is 10.2 Å². The molecule has 0 unspecified atom stereocenters. The van der Waals surface area contributed by atoms with E-state index in [1.165, 1.54) is 49.0 Å². The number of nitrogens with zero attached hydrogens (tertiary/aromatic N) is 1. The number of allylic oxidation sites excluding steroid dienone is 1. The van der Waals surface area contributed by atoms with Crippen molar-refractivity contribution in [3.05, 3.63) is 40.6 Å². The van der Waals surface area contributed by atoms with E-state index in [1.807, 2.05) is 6.92 Å². The third-order valence-electron chi connectivity index (χ3n) is 4.91. The lowest BCUT2D eigenvalue weighted by atomic mass is 9.86. The molecule has 0 amide bonds. The smallest absolute Gasteiger partial charge is 0.0604 e. The van der Waals surface area contributed by atoms with Gasteiger partial charge in [-0.3, -0.25) is 0 Å². The van der Waals surface area contributed by atoms with Crippen LogP contribution in [0.3, 0.4) is 0 Å². The SMILES string of the molecule is C/C(N)=C1/NCCCc2cc(C3CCN(C)CC3)ccc21. The zero-order chi connectivity index (χ0) is 14.8. The van der Waals surface area contributed by atoms with Crippen molar-refractivity contribution in [3.63, 3.8) is 0 Å². The maximum Gasteiger partial charge on any atom is 0.0604 e. The Hall–Kier alpha value is -1.48. The molecule has 1 fully saturated rings. The fourth-order valence-electron chi connectivity index (χ4n) is 3.60. The van der Waals surface area contributed by atoms with Crippen LogP contribution in [0.1, 0.15) is 48.8 Å². The minimum Gasteiger partial charge on any atom is -0.401 e. The summed E-state index contributed by atoms with van der Waals surface area (Å²) in [5, 5.41) is 3.49. The molecule has 3 nitrogen and oxygen atoms in total. The monoisotopic (exact) mass is 285 g/mol. The van der Waals surface area contributed by atoms with Crippen LogP contribution in [-0.4, -0.2) is 31.6 Å². The average molecular weight is 285 g/mol. The molecule has 21 heavy (non-hydrogen) atoms. The Kier molecular flexibility index (Phi) is 4.20. The van der Waals surface area contributed by atoms with Gasteiger partial charge in [-0.15, -0.1) is 0 Å². The molecule has 3 heteroatoms. The fourth-order valence-corrected chi connectivity index (χ4v) is 3.60. The first-order chi connectivity index (χ1) is 10.1. The largest absolute Gasteiger partial charge is 0.401 e. The standard InChI is InChI=1S/C18H27N3/c1-13(19)18-17-6-5-15(12-16(17)4-3-9-20-18)14-7-10-21(2)11-8-14/h5-6,12,14,20H,3-4,7-11,19H2,1-2H3/b18-13-. The molecule has 2 aliphatic heterocycles. The van der Waals surface area contributed by atoms with Crippen LogP contribution in [0.15, 0.2) is 23.9 Å². The molecule has 3 N–H and O–H groups in total. The lowest BCUT2D eigenvalue weighted by Crippen LogP contribution is -2.29. The van der Waals surface area contributed by atoms with Crippen LogP contribution in [0.4, 0.5) is 0 Å². The molecule has 1 saturated heterocycles. The second kappa shape index (κ2) is 6.10. The van der Waals surface area contributed by atoms with E-state index in [4.69, 9.17) is 5.73 Å². The van der Waals surface area contributed by atoms with Crippen LogP contribution in [0.25, 0.3) is 5.70 Å². The Morgan fingerprint density at radius 1 is 1.29 bits per heavy atom. The van der Waals surface area contributed by atoms with Gasteiger partial charge in [-0.05, 0) is 69.8 Å². The number of benzene rings is 1. The molecule has 0 aromatic heterocycles. The van der Waals surface area contributed by atoms with Crippen molar-refractivity contribution in [3.8, 4) is 0 Å². The first-order valence-corrected chi connectivity index (χ1v) is 8.17. The maximum atomic E-state index is 6.06. The molecular weight excluding hydrogens is 258 g/mol. The molecule has 0 saturated carbocycles. The number of hydrogen-bond donors (Lipinski definition) is 2. The molecule has 0 atom stereocenters. The Balaban J connectivity index is 1.90. The van der Waals surface area contributed by atoms with Crippen LogP contribution in [0.2, 0.25) is 0 Å². The lowest BCUT2D eigenvalue weighted by Gasteiger charge is -2.29. The highest BCUT2D eigenvalue weighted by molar-refractivity contribution is 5.70. The van der Waals surface area contributed by atoms with Gasteiger partial charge in [0.15, 0.2) is 0 Å². The van der Waals surface area contributed by atoms with E-state index < -0.39 is 0 Å². The van der Waals surface area contributed by atoms with Crippen LogP contribution >= 0.6 is 0 Å². The molecule has 1 aromatic carbocycles. The van der Waals surface area contributed by atoms with Gasteiger partial charge in [0, 0.05) is 17.8 Å². The lowest BCUT2D eigenvalue weighted by molar-refractivity contribution is 0.255. The second-order valence-electron chi connectivity index (χ2n) is 6.58. The maximum absolute atomic E-state index is 6.06. The van der Waals surface area contributed by atoms with Gasteiger partial charge < -0.3 is 16.0 Å². The van der Waals surface area contributed by atoms with Crippen molar-refractivity contribution in [2.24, 2.45) is 5.73 Å². The molecule has 0 spiro atoms. The van der Waals surface area contributed by atoms with Crippen LogP contribution in [-0.2, 0) is 6.42 Å². The van der Waals surface area contributed by atoms with Gasteiger partial charge in [0.25, 0.3) is 0 Å². The first kappa shape index (κ1) is 14.5. The predicted octanol–water partition coefficient (Wildman–Crippen LogP) is 2.68. The van der Waals surface area contributed by atoms with Gasteiger partial charge in [0.05, 0.1) is 5.70 Å². The zero-order valence-corrected chi connectivity index (χ0v) is 13.3. The number of piperidine rings is 1. The molecule has 1 aromatic rings. The van der Waals surface area contributed by atoms with Crippen molar-refractivity contribution >= 4 is 5.70 Å². The Bertz CT molecular complexity index is 535. The van der Waals surface area contributed by atoms with E-state index >= 15 is 0 Å². The molecule has 3 rings (SSSR count). The molecule has 0 aliphatic carbocycles. The third kappa shape index (κ3) is 3.08. The molecule has 2 heterocycles. The van der Waals surface area contributed by atoms with Crippen LogP contribution in [0.5, 0.6) is 0 Å². The van der Waals surface area contributed by atoms with E-state index in [9.17, 15) is 0 Å². The van der Waals surface area contributed by atoms with Gasteiger partial charge >= 0.3 is 0 Å². The first-order valence-electron chi connectivity index (χ1n) is 8.17. The summed E-state index contributed by atoms with van der Waals surface area (Å²) in [5.74, 6) is 0.731. The molecular formula is C18H27N3. The highest BCUT2D eigenvalue weighted by Gasteiger charge is 2.20. The van der Waals surface area contributed by atoms with Crippen molar-refractivity contribution in [2.45, 2.75) is 38.5 Å². The van der Waals surface area contributed by atoms with E-state index in [0.29, 0.717) is 0 Å². The summed E-state index contributed by atoms with van der Waals surface area (Å²) in [6, 6.07) is 7.05. The summed E-state index contributed by atoms with van der Waals surface area (Å²) in [6.07, 6.45) is 4.90. The predicted molar refractivity (Wildman–Crippen MR) is 89.0 cm³/mol. The van der Waals surface area contributed by atoms with Gasteiger partial charge in [-0.1, -0.05) is 18.2 Å². The number of rotatable bonds is 1. The summed E-state index contributed by atoms with van der Waals surface area (Å²) in [5.41, 5.74) is 12.4. The summed E-state index contributed by atoms with van der Waals surface area (Å²) in [6.45, 7) is 5.44.